The zero-order valence-electron chi connectivity index (χ0n) is 10.2. The van der Waals surface area contributed by atoms with Gasteiger partial charge in [0.1, 0.15) is 0 Å². The number of fused-ring (bicyclic) bond motifs is 2. The zero-order valence-corrected chi connectivity index (χ0v) is 10.2. The van der Waals surface area contributed by atoms with Gasteiger partial charge in [0.2, 0.25) is 0 Å². The minimum Gasteiger partial charge on any atom is -0.375 e. The molecule has 2 saturated heterocycles. The number of likely N-dealkylation sites (N-methyl/N-ethyl adjacent to an activating group) is 1. The number of nitrogens with one attached hydrogen (secondary N) is 1. The summed E-state index contributed by atoms with van der Waals surface area (Å²) in [5, 5.41) is 3.55. The van der Waals surface area contributed by atoms with E-state index < -0.39 is 0 Å². The molecule has 0 aromatic carbocycles. The van der Waals surface area contributed by atoms with E-state index in [9.17, 15) is 0 Å². The Balaban J connectivity index is 1.73. The molecule has 2 fully saturated rings. The summed E-state index contributed by atoms with van der Waals surface area (Å²) in [5.74, 6) is 0.744. The largest absolute Gasteiger partial charge is 0.375 e. The van der Waals surface area contributed by atoms with Gasteiger partial charge in [-0.05, 0) is 52.0 Å². The molecular formula is C14H23NO. The topological polar surface area (TPSA) is 21.3 Å². The molecule has 2 nitrogen and oxygen atoms in total. The molecule has 3 rings (SSSR count). The first-order valence-corrected chi connectivity index (χ1v) is 6.90. The van der Waals surface area contributed by atoms with E-state index in [0.717, 1.165) is 5.92 Å². The van der Waals surface area contributed by atoms with Crippen LogP contribution in [0.4, 0.5) is 0 Å². The molecule has 0 amide bonds. The summed E-state index contributed by atoms with van der Waals surface area (Å²) in [6.45, 7) is 0. The molecular weight excluding hydrogens is 198 g/mol. The fourth-order valence-corrected chi connectivity index (χ4v) is 3.85. The molecule has 1 N–H and O–H groups in total. The highest BCUT2D eigenvalue weighted by Gasteiger charge is 2.44. The molecule has 16 heavy (non-hydrogen) atoms. The van der Waals surface area contributed by atoms with Crippen molar-refractivity contribution in [3.8, 4) is 0 Å². The lowest BCUT2D eigenvalue weighted by molar-refractivity contribution is 0.0883. The second-order valence-electron chi connectivity index (χ2n) is 5.56. The first kappa shape index (κ1) is 10.8. The molecule has 2 heterocycles. The van der Waals surface area contributed by atoms with Gasteiger partial charge in [0.15, 0.2) is 0 Å². The van der Waals surface area contributed by atoms with E-state index in [4.69, 9.17) is 4.74 Å². The van der Waals surface area contributed by atoms with E-state index in [2.05, 4.69) is 18.4 Å². The van der Waals surface area contributed by atoms with Crippen LogP contribution in [0.2, 0.25) is 0 Å². The Morgan fingerprint density at radius 1 is 1.38 bits per heavy atom. The van der Waals surface area contributed by atoms with Crippen molar-refractivity contribution in [2.24, 2.45) is 5.92 Å². The highest BCUT2D eigenvalue weighted by atomic mass is 16.5. The van der Waals surface area contributed by atoms with Gasteiger partial charge in [-0.1, -0.05) is 11.6 Å². The molecule has 90 valence electrons. The number of hydrogen-bond acceptors (Lipinski definition) is 2. The molecule has 4 unspecified atom stereocenters. The molecule has 2 aliphatic heterocycles. The molecule has 0 saturated carbocycles. The second kappa shape index (κ2) is 4.50. The lowest BCUT2D eigenvalue weighted by Gasteiger charge is -2.31. The zero-order chi connectivity index (χ0) is 11.0. The van der Waals surface area contributed by atoms with Crippen LogP contribution in [0.15, 0.2) is 11.6 Å². The SMILES string of the molecule is CNC(C1=CCCCC1)C1CC2CCC1O2. The van der Waals surface area contributed by atoms with Crippen molar-refractivity contribution in [3.63, 3.8) is 0 Å². The fourth-order valence-electron chi connectivity index (χ4n) is 3.85. The normalized spacial score (nSPS) is 39.8. The van der Waals surface area contributed by atoms with Crippen LogP contribution in [-0.2, 0) is 4.74 Å². The summed E-state index contributed by atoms with van der Waals surface area (Å²) in [5.41, 5.74) is 1.66. The maximum absolute atomic E-state index is 5.99. The van der Waals surface area contributed by atoms with E-state index >= 15 is 0 Å². The molecule has 2 bridgehead atoms. The molecule has 2 heteroatoms. The average molecular weight is 221 g/mol. The van der Waals surface area contributed by atoms with Crippen molar-refractivity contribution in [1.82, 2.24) is 5.32 Å². The third-order valence-corrected chi connectivity index (χ3v) is 4.62. The van der Waals surface area contributed by atoms with Crippen LogP contribution in [0.1, 0.15) is 44.9 Å². The third kappa shape index (κ3) is 1.82. The van der Waals surface area contributed by atoms with E-state index in [0.29, 0.717) is 18.2 Å². The monoisotopic (exact) mass is 221 g/mol. The van der Waals surface area contributed by atoms with E-state index in [1.807, 2.05) is 0 Å². The lowest BCUT2D eigenvalue weighted by atomic mass is 9.78. The third-order valence-electron chi connectivity index (χ3n) is 4.62. The van der Waals surface area contributed by atoms with Crippen LogP contribution >= 0.6 is 0 Å². The number of allylic oxidation sites excluding steroid dienone is 1. The van der Waals surface area contributed by atoms with Crippen molar-refractivity contribution < 1.29 is 4.74 Å². The molecule has 0 radical (unpaired) electrons. The number of ether oxygens (including phenoxy) is 1. The Morgan fingerprint density at radius 2 is 2.31 bits per heavy atom. The minimum absolute atomic E-state index is 0.547. The molecule has 0 aromatic heterocycles. The first-order valence-electron chi connectivity index (χ1n) is 6.90. The second-order valence-corrected chi connectivity index (χ2v) is 5.56. The summed E-state index contributed by atoms with van der Waals surface area (Å²) in [4.78, 5) is 0. The van der Waals surface area contributed by atoms with E-state index in [1.54, 1.807) is 5.57 Å². The Bertz CT molecular complexity index is 286. The van der Waals surface area contributed by atoms with E-state index in [1.165, 1.54) is 44.9 Å². The van der Waals surface area contributed by atoms with Gasteiger partial charge in [-0.25, -0.2) is 0 Å². The van der Waals surface area contributed by atoms with Gasteiger partial charge in [0.25, 0.3) is 0 Å². The summed E-state index contributed by atoms with van der Waals surface area (Å²) in [6.07, 6.45) is 12.8. The Morgan fingerprint density at radius 3 is 2.88 bits per heavy atom. The maximum Gasteiger partial charge on any atom is 0.0627 e. The smallest absolute Gasteiger partial charge is 0.0627 e. The molecule has 3 aliphatic rings. The summed E-state index contributed by atoms with van der Waals surface area (Å²) in [7, 11) is 2.12. The van der Waals surface area contributed by atoms with Gasteiger partial charge in [0, 0.05) is 12.0 Å². The molecule has 1 aliphatic carbocycles. The van der Waals surface area contributed by atoms with Crippen molar-refractivity contribution in [2.75, 3.05) is 7.05 Å². The van der Waals surface area contributed by atoms with Crippen LogP contribution in [0, 0.1) is 5.92 Å². The fraction of sp³-hybridized carbons (Fsp3) is 0.857. The van der Waals surface area contributed by atoms with Gasteiger partial charge >= 0.3 is 0 Å². The summed E-state index contributed by atoms with van der Waals surface area (Å²) in [6, 6.07) is 0.593. The van der Waals surface area contributed by atoms with Crippen molar-refractivity contribution in [3.05, 3.63) is 11.6 Å². The van der Waals surface area contributed by atoms with E-state index in [-0.39, 0.29) is 0 Å². The van der Waals surface area contributed by atoms with Gasteiger partial charge in [-0.2, -0.15) is 0 Å². The predicted molar refractivity (Wildman–Crippen MR) is 65.4 cm³/mol. The van der Waals surface area contributed by atoms with Gasteiger partial charge in [-0.15, -0.1) is 0 Å². The average Bonchev–Trinajstić information content (AvgIpc) is 2.94. The lowest BCUT2D eigenvalue weighted by Crippen LogP contribution is -2.40. The first-order chi connectivity index (χ1) is 7.88. The van der Waals surface area contributed by atoms with Crippen LogP contribution < -0.4 is 5.32 Å². The van der Waals surface area contributed by atoms with Crippen LogP contribution in [0.5, 0.6) is 0 Å². The summed E-state index contributed by atoms with van der Waals surface area (Å²) >= 11 is 0. The Labute approximate surface area is 98.4 Å². The van der Waals surface area contributed by atoms with Crippen LogP contribution in [-0.4, -0.2) is 25.3 Å². The minimum atomic E-state index is 0.547. The van der Waals surface area contributed by atoms with Gasteiger partial charge < -0.3 is 10.1 Å². The van der Waals surface area contributed by atoms with Gasteiger partial charge in [0.05, 0.1) is 12.2 Å². The maximum atomic E-state index is 5.99. The molecule has 0 spiro atoms. The quantitative estimate of drug-likeness (QED) is 0.740. The highest BCUT2D eigenvalue weighted by Crippen LogP contribution is 2.42. The van der Waals surface area contributed by atoms with Gasteiger partial charge in [-0.3, -0.25) is 0 Å². The standard InChI is InChI=1S/C14H23NO/c1-15-14(10-5-3-2-4-6-10)12-9-11-7-8-13(12)16-11/h5,11-15H,2-4,6-9H2,1H3. The van der Waals surface area contributed by atoms with Crippen molar-refractivity contribution >= 4 is 0 Å². The molecule has 0 aromatic rings. The predicted octanol–water partition coefficient (Wildman–Crippen LogP) is 2.64. The highest BCUT2D eigenvalue weighted by molar-refractivity contribution is 5.17. The van der Waals surface area contributed by atoms with Crippen LogP contribution in [0.3, 0.4) is 0 Å². The number of rotatable bonds is 3. The number of hydrogen-bond donors (Lipinski definition) is 1. The summed E-state index contributed by atoms with van der Waals surface area (Å²) < 4.78 is 5.99. The Kier molecular flexibility index (Phi) is 3.03. The van der Waals surface area contributed by atoms with Crippen molar-refractivity contribution in [2.45, 2.75) is 63.2 Å². The van der Waals surface area contributed by atoms with Crippen molar-refractivity contribution in [1.29, 1.82) is 0 Å². The molecule has 4 atom stereocenters. The van der Waals surface area contributed by atoms with Crippen LogP contribution in [0.25, 0.3) is 0 Å². The Hall–Kier alpha value is -0.340.